The quantitative estimate of drug-likeness (QED) is 0.461. The first-order valence-corrected chi connectivity index (χ1v) is 3.12. The Morgan fingerprint density at radius 1 is 1.60 bits per heavy atom. The third-order valence-electron chi connectivity index (χ3n) is 1.11. The van der Waals surface area contributed by atoms with Crippen LogP contribution in [0.3, 0.4) is 0 Å². The molecule has 0 aliphatic rings. The van der Waals surface area contributed by atoms with Gasteiger partial charge in [0.25, 0.3) is 0 Å². The van der Waals surface area contributed by atoms with Crippen LogP contribution in [0.5, 0.6) is 0 Å². The zero-order chi connectivity index (χ0) is 7.98. The molecule has 0 aliphatic carbocycles. The highest BCUT2D eigenvalue weighted by molar-refractivity contribution is 5.24. The maximum Gasteiger partial charge on any atom is 0.138 e. The van der Waals surface area contributed by atoms with Crippen LogP contribution < -0.4 is 5.32 Å². The van der Waals surface area contributed by atoms with Gasteiger partial charge in [0.2, 0.25) is 0 Å². The molecule has 0 fully saturated rings. The van der Waals surface area contributed by atoms with Crippen molar-refractivity contribution in [2.24, 2.45) is 0 Å². The van der Waals surface area contributed by atoms with E-state index in [0.29, 0.717) is 5.70 Å². The first-order valence-electron chi connectivity index (χ1n) is 3.12. The molecule has 0 saturated carbocycles. The van der Waals surface area contributed by atoms with Gasteiger partial charge in [-0.25, -0.2) is 0 Å². The Hall–Kier alpha value is -1.18. The predicted octanol–water partition coefficient (Wildman–Crippen LogP) is 1.74. The molecule has 10 heavy (non-hydrogen) atoms. The van der Waals surface area contributed by atoms with E-state index in [0.717, 1.165) is 0 Å². The fourth-order valence-corrected chi connectivity index (χ4v) is 0.622. The molecule has 0 heterocycles. The summed E-state index contributed by atoms with van der Waals surface area (Å²) in [4.78, 5) is 0. The van der Waals surface area contributed by atoms with Gasteiger partial charge >= 0.3 is 0 Å². The number of aliphatic hydroxyl groups excluding tert-OH is 1. The topological polar surface area (TPSA) is 32.3 Å². The summed E-state index contributed by atoms with van der Waals surface area (Å²) >= 11 is 0. The molecule has 2 nitrogen and oxygen atoms in total. The lowest BCUT2D eigenvalue weighted by atomic mass is 10.3. The van der Waals surface area contributed by atoms with Gasteiger partial charge in [0.15, 0.2) is 0 Å². The minimum absolute atomic E-state index is 0.208. The molecule has 0 unspecified atom stereocenters. The Balaban J connectivity index is 4.30. The summed E-state index contributed by atoms with van der Waals surface area (Å²) in [6.45, 7) is 5.31. The number of likely N-dealkylation sites (N-methyl/N-ethyl adjacent to an activating group) is 1. The number of hydrogen-bond acceptors (Lipinski definition) is 2. The fraction of sp³-hybridized carbons (Fsp3) is 0.250. The zero-order valence-corrected chi connectivity index (χ0v) is 6.39. The van der Waals surface area contributed by atoms with Gasteiger partial charge in [-0.15, -0.1) is 0 Å². The van der Waals surface area contributed by atoms with Crippen molar-refractivity contribution in [3.63, 3.8) is 0 Å². The smallest absolute Gasteiger partial charge is 0.138 e. The third-order valence-corrected chi connectivity index (χ3v) is 1.11. The van der Waals surface area contributed by atoms with Crippen LogP contribution in [0, 0.1) is 0 Å². The van der Waals surface area contributed by atoms with Gasteiger partial charge in [0.05, 0.1) is 5.70 Å². The van der Waals surface area contributed by atoms with Crippen LogP contribution in [0.15, 0.2) is 36.3 Å². The van der Waals surface area contributed by atoms with Crippen LogP contribution in [0.1, 0.15) is 6.92 Å². The lowest BCUT2D eigenvalue weighted by Crippen LogP contribution is -2.07. The van der Waals surface area contributed by atoms with Crippen LogP contribution in [0.2, 0.25) is 0 Å². The minimum Gasteiger partial charge on any atom is -0.506 e. The van der Waals surface area contributed by atoms with Crippen molar-refractivity contribution in [3.05, 3.63) is 36.3 Å². The molecule has 0 saturated heterocycles. The number of hydrogen-bond donors (Lipinski definition) is 2. The Kier molecular flexibility index (Phi) is 4.12. The summed E-state index contributed by atoms with van der Waals surface area (Å²) in [6.07, 6.45) is 4.86. The minimum atomic E-state index is 0.208. The van der Waals surface area contributed by atoms with Crippen LogP contribution >= 0.6 is 0 Å². The normalized spacial score (nSPS) is 13.0. The standard InChI is InChI=1S/C8H13NO/c1-4-6-8(10)7(5-2)9-3/h4-6,9-10H,1H2,2-3H3/b7-5+,8-6+. The molecule has 0 aromatic rings. The molecule has 56 valence electrons. The number of aliphatic hydroxyl groups is 1. The van der Waals surface area contributed by atoms with Crippen LogP contribution in [0.4, 0.5) is 0 Å². The Morgan fingerprint density at radius 2 is 2.20 bits per heavy atom. The third kappa shape index (κ3) is 2.40. The highest BCUT2D eigenvalue weighted by Gasteiger charge is 1.94. The van der Waals surface area contributed by atoms with Gasteiger partial charge in [-0.3, -0.25) is 0 Å². The number of nitrogens with one attached hydrogen (secondary N) is 1. The van der Waals surface area contributed by atoms with Crippen molar-refractivity contribution in [2.75, 3.05) is 7.05 Å². The molecular formula is C8H13NO. The second-order valence-electron chi connectivity index (χ2n) is 1.74. The summed E-state index contributed by atoms with van der Waals surface area (Å²) in [5.74, 6) is 0.208. The van der Waals surface area contributed by atoms with E-state index >= 15 is 0 Å². The van der Waals surface area contributed by atoms with Crippen LogP contribution in [-0.2, 0) is 0 Å². The molecule has 2 heteroatoms. The molecular weight excluding hydrogens is 126 g/mol. The maximum atomic E-state index is 9.17. The summed E-state index contributed by atoms with van der Waals surface area (Å²) in [5, 5.41) is 12.0. The average Bonchev–Trinajstić information content (AvgIpc) is 1.91. The molecule has 0 amide bonds. The second kappa shape index (κ2) is 4.68. The fourth-order valence-electron chi connectivity index (χ4n) is 0.622. The molecule has 0 atom stereocenters. The number of rotatable bonds is 3. The van der Waals surface area contributed by atoms with E-state index in [1.165, 1.54) is 12.2 Å². The van der Waals surface area contributed by atoms with E-state index in [4.69, 9.17) is 5.11 Å². The highest BCUT2D eigenvalue weighted by Crippen LogP contribution is 2.00. The van der Waals surface area contributed by atoms with Gasteiger partial charge in [0.1, 0.15) is 5.76 Å². The first kappa shape index (κ1) is 8.82. The second-order valence-corrected chi connectivity index (χ2v) is 1.74. The first-order chi connectivity index (χ1) is 4.76. The van der Waals surface area contributed by atoms with Crippen molar-refractivity contribution >= 4 is 0 Å². The van der Waals surface area contributed by atoms with Crippen LogP contribution in [0.25, 0.3) is 0 Å². The van der Waals surface area contributed by atoms with Crippen molar-refractivity contribution in [1.29, 1.82) is 0 Å². The largest absolute Gasteiger partial charge is 0.506 e. The van der Waals surface area contributed by atoms with Gasteiger partial charge < -0.3 is 10.4 Å². The highest BCUT2D eigenvalue weighted by atomic mass is 16.3. The van der Waals surface area contributed by atoms with Crippen molar-refractivity contribution < 1.29 is 5.11 Å². The Bertz CT molecular complexity index is 168. The monoisotopic (exact) mass is 139 g/mol. The lowest BCUT2D eigenvalue weighted by Gasteiger charge is -2.02. The van der Waals surface area contributed by atoms with Gasteiger partial charge in [-0.05, 0) is 13.0 Å². The van der Waals surface area contributed by atoms with E-state index in [1.807, 2.05) is 6.92 Å². The van der Waals surface area contributed by atoms with E-state index in [2.05, 4.69) is 11.9 Å². The SMILES string of the molecule is C=C/C=C(O)\C(=C/C)NC. The van der Waals surface area contributed by atoms with Gasteiger partial charge in [-0.1, -0.05) is 18.7 Å². The summed E-state index contributed by atoms with van der Waals surface area (Å²) < 4.78 is 0. The lowest BCUT2D eigenvalue weighted by molar-refractivity contribution is 0.416. The van der Waals surface area contributed by atoms with Crippen LogP contribution in [-0.4, -0.2) is 12.2 Å². The van der Waals surface area contributed by atoms with Crippen molar-refractivity contribution in [3.8, 4) is 0 Å². The Morgan fingerprint density at radius 3 is 2.50 bits per heavy atom. The molecule has 0 radical (unpaired) electrons. The molecule has 0 spiro atoms. The molecule has 0 aromatic heterocycles. The summed E-state index contributed by atoms with van der Waals surface area (Å²) in [7, 11) is 1.75. The summed E-state index contributed by atoms with van der Waals surface area (Å²) in [6, 6.07) is 0. The van der Waals surface area contributed by atoms with E-state index in [1.54, 1.807) is 13.1 Å². The molecule has 0 aliphatic heterocycles. The van der Waals surface area contributed by atoms with E-state index in [-0.39, 0.29) is 5.76 Å². The Labute approximate surface area is 61.6 Å². The van der Waals surface area contributed by atoms with E-state index < -0.39 is 0 Å². The molecule has 2 N–H and O–H groups in total. The van der Waals surface area contributed by atoms with E-state index in [9.17, 15) is 0 Å². The molecule has 0 bridgehead atoms. The number of allylic oxidation sites excluding steroid dienone is 3. The van der Waals surface area contributed by atoms with Crippen molar-refractivity contribution in [1.82, 2.24) is 5.32 Å². The van der Waals surface area contributed by atoms with Gasteiger partial charge in [-0.2, -0.15) is 0 Å². The predicted molar refractivity (Wildman–Crippen MR) is 43.7 cm³/mol. The van der Waals surface area contributed by atoms with Crippen molar-refractivity contribution in [2.45, 2.75) is 6.92 Å². The maximum absolute atomic E-state index is 9.17. The molecule has 0 rings (SSSR count). The zero-order valence-electron chi connectivity index (χ0n) is 6.39. The average molecular weight is 139 g/mol. The molecule has 0 aromatic carbocycles. The van der Waals surface area contributed by atoms with Gasteiger partial charge in [0, 0.05) is 7.05 Å². The summed E-state index contributed by atoms with van der Waals surface area (Å²) in [5.41, 5.74) is 0.708.